The summed E-state index contributed by atoms with van der Waals surface area (Å²) in [6.45, 7) is 10.8. The first-order valence-corrected chi connectivity index (χ1v) is 14.5. The molecule has 0 N–H and O–H groups in total. The van der Waals surface area contributed by atoms with E-state index in [2.05, 4.69) is 33.5 Å². The molecule has 0 aliphatic heterocycles. The molecule has 0 aromatic carbocycles. The monoisotopic (exact) mass is 370 g/mol. The SMILES string of the molecule is CCCCCCCCCCCCCCC(C)CCC(=O)O[Si](C)(C)C. The molecule has 0 saturated carbocycles. The Kier molecular flexibility index (Phi) is 15.7. The van der Waals surface area contributed by atoms with Gasteiger partial charge in [-0.1, -0.05) is 97.3 Å². The van der Waals surface area contributed by atoms with Crippen LogP contribution in [0.1, 0.15) is 110 Å². The van der Waals surface area contributed by atoms with Crippen molar-refractivity contribution in [2.75, 3.05) is 0 Å². The van der Waals surface area contributed by atoms with Gasteiger partial charge in [0.25, 0.3) is 5.97 Å². The van der Waals surface area contributed by atoms with Gasteiger partial charge in [0.1, 0.15) is 0 Å². The van der Waals surface area contributed by atoms with E-state index in [1.165, 1.54) is 83.5 Å². The number of rotatable bonds is 17. The zero-order chi connectivity index (χ0) is 19.0. The van der Waals surface area contributed by atoms with Gasteiger partial charge in [-0.05, 0) is 32.0 Å². The highest BCUT2D eigenvalue weighted by Crippen LogP contribution is 2.18. The van der Waals surface area contributed by atoms with Crippen LogP contribution in [0, 0.1) is 5.92 Å². The van der Waals surface area contributed by atoms with Crippen LogP contribution in [0.3, 0.4) is 0 Å². The maximum absolute atomic E-state index is 11.8. The molecule has 0 bridgehead atoms. The van der Waals surface area contributed by atoms with E-state index < -0.39 is 8.32 Å². The third-order valence-electron chi connectivity index (χ3n) is 4.81. The highest BCUT2D eigenvalue weighted by molar-refractivity contribution is 6.71. The van der Waals surface area contributed by atoms with Crippen LogP contribution < -0.4 is 0 Å². The van der Waals surface area contributed by atoms with Crippen LogP contribution in [0.15, 0.2) is 0 Å². The summed E-state index contributed by atoms with van der Waals surface area (Å²) in [4.78, 5) is 11.8. The lowest BCUT2D eigenvalue weighted by Gasteiger charge is -2.18. The first-order valence-electron chi connectivity index (χ1n) is 11.1. The Balaban J connectivity index is 3.32. The van der Waals surface area contributed by atoms with Gasteiger partial charge in [0.05, 0.1) is 0 Å². The van der Waals surface area contributed by atoms with Gasteiger partial charge < -0.3 is 4.43 Å². The van der Waals surface area contributed by atoms with Gasteiger partial charge in [-0.25, -0.2) is 0 Å². The lowest BCUT2D eigenvalue weighted by atomic mass is 9.97. The molecule has 3 heteroatoms. The van der Waals surface area contributed by atoms with E-state index in [1.54, 1.807) is 0 Å². The third kappa shape index (κ3) is 19.9. The molecule has 0 fully saturated rings. The number of carbonyl (C=O) groups is 1. The van der Waals surface area contributed by atoms with Crippen LogP contribution in [-0.4, -0.2) is 14.3 Å². The first-order chi connectivity index (χ1) is 11.8. The van der Waals surface area contributed by atoms with Crippen molar-refractivity contribution in [1.82, 2.24) is 0 Å². The summed E-state index contributed by atoms with van der Waals surface area (Å²) < 4.78 is 5.51. The van der Waals surface area contributed by atoms with Crippen molar-refractivity contribution < 1.29 is 9.22 Å². The Morgan fingerprint density at radius 1 is 0.760 bits per heavy atom. The molecule has 0 heterocycles. The Labute approximate surface area is 159 Å². The van der Waals surface area contributed by atoms with Crippen molar-refractivity contribution in [2.45, 2.75) is 130 Å². The van der Waals surface area contributed by atoms with E-state index in [-0.39, 0.29) is 5.97 Å². The molecule has 0 saturated heterocycles. The fourth-order valence-electron chi connectivity index (χ4n) is 3.23. The summed E-state index contributed by atoms with van der Waals surface area (Å²) in [5.74, 6) is 0.665. The van der Waals surface area contributed by atoms with Gasteiger partial charge >= 0.3 is 0 Å². The summed E-state index contributed by atoms with van der Waals surface area (Å²) in [5, 5.41) is 0. The fourth-order valence-corrected chi connectivity index (χ4v) is 4.02. The molecular formula is C22H46O2Si. The van der Waals surface area contributed by atoms with Gasteiger partial charge in [-0.15, -0.1) is 0 Å². The van der Waals surface area contributed by atoms with Crippen molar-refractivity contribution in [1.29, 1.82) is 0 Å². The van der Waals surface area contributed by atoms with E-state index in [0.29, 0.717) is 12.3 Å². The molecular weight excluding hydrogens is 324 g/mol. The predicted molar refractivity (Wildman–Crippen MR) is 114 cm³/mol. The first kappa shape index (κ1) is 24.7. The molecule has 0 aliphatic rings. The van der Waals surface area contributed by atoms with E-state index >= 15 is 0 Å². The normalized spacial score (nSPS) is 13.0. The zero-order valence-corrected chi connectivity index (χ0v) is 19.0. The standard InChI is InChI=1S/C22H46O2Si/c1-6-7-8-9-10-11-12-13-14-15-16-17-18-21(2)19-20-22(23)24-25(3,4)5/h21H,6-20H2,1-5H3. The Morgan fingerprint density at radius 2 is 1.20 bits per heavy atom. The highest BCUT2D eigenvalue weighted by Gasteiger charge is 2.19. The third-order valence-corrected chi connectivity index (χ3v) is 5.65. The molecule has 1 unspecified atom stereocenters. The summed E-state index contributed by atoms with van der Waals surface area (Å²) in [5.41, 5.74) is 0. The molecule has 0 radical (unpaired) electrons. The summed E-state index contributed by atoms with van der Waals surface area (Å²) in [6, 6.07) is 0. The average Bonchev–Trinajstić information content (AvgIpc) is 2.52. The van der Waals surface area contributed by atoms with Crippen molar-refractivity contribution >= 4 is 14.3 Å². The Bertz CT molecular complexity index is 310. The summed E-state index contributed by atoms with van der Waals surface area (Å²) in [6.07, 6.45) is 19.7. The quantitative estimate of drug-likeness (QED) is 0.192. The van der Waals surface area contributed by atoms with E-state index in [1.807, 2.05) is 0 Å². The maximum Gasteiger partial charge on any atom is 0.292 e. The zero-order valence-electron chi connectivity index (χ0n) is 18.0. The topological polar surface area (TPSA) is 26.3 Å². The maximum atomic E-state index is 11.8. The molecule has 0 aliphatic carbocycles. The summed E-state index contributed by atoms with van der Waals surface area (Å²) >= 11 is 0. The van der Waals surface area contributed by atoms with Crippen molar-refractivity contribution in [3.63, 3.8) is 0 Å². The molecule has 0 rings (SSSR count). The van der Waals surface area contributed by atoms with Gasteiger partial charge in [-0.2, -0.15) is 0 Å². The van der Waals surface area contributed by atoms with Crippen molar-refractivity contribution in [2.24, 2.45) is 5.92 Å². The molecule has 2 nitrogen and oxygen atoms in total. The van der Waals surface area contributed by atoms with E-state index in [9.17, 15) is 4.79 Å². The van der Waals surface area contributed by atoms with E-state index in [4.69, 9.17) is 4.43 Å². The molecule has 25 heavy (non-hydrogen) atoms. The lowest BCUT2D eigenvalue weighted by Crippen LogP contribution is -2.29. The van der Waals surface area contributed by atoms with Gasteiger partial charge in [0, 0.05) is 6.42 Å². The fraction of sp³-hybridized carbons (Fsp3) is 0.955. The molecule has 0 amide bonds. The second kappa shape index (κ2) is 15.9. The number of carbonyl (C=O) groups excluding carboxylic acids is 1. The van der Waals surface area contributed by atoms with Crippen molar-refractivity contribution in [3.8, 4) is 0 Å². The number of unbranched alkanes of at least 4 members (excludes halogenated alkanes) is 11. The lowest BCUT2D eigenvalue weighted by molar-refractivity contribution is -0.135. The second-order valence-electron chi connectivity index (χ2n) is 8.91. The van der Waals surface area contributed by atoms with Crippen LogP contribution >= 0.6 is 0 Å². The smallest absolute Gasteiger partial charge is 0.292 e. The minimum absolute atomic E-state index is 0.0145. The Hall–Kier alpha value is -0.313. The average molecular weight is 371 g/mol. The second-order valence-corrected chi connectivity index (χ2v) is 13.3. The minimum atomic E-state index is -1.70. The van der Waals surface area contributed by atoms with Crippen LogP contribution in [0.4, 0.5) is 0 Å². The van der Waals surface area contributed by atoms with Crippen LogP contribution in [-0.2, 0) is 9.22 Å². The minimum Gasteiger partial charge on any atom is -0.520 e. The molecule has 0 aromatic heterocycles. The molecule has 0 aromatic rings. The molecule has 1 atom stereocenters. The van der Waals surface area contributed by atoms with Crippen molar-refractivity contribution in [3.05, 3.63) is 0 Å². The molecule has 150 valence electrons. The van der Waals surface area contributed by atoms with Crippen LogP contribution in [0.2, 0.25) is 19.6 Å². The highest BCUT2D eigenvalue weighted by atomic mass is 28.4. The van der Waals surface area contributed by atoms with Gasteiger partial charge in [0.2, 0.25) is 8.32 Å². The molecule has 0 spiro atoms. The number of hydrogen-bond acceptors (Lipinski definition) is 2. The van der Waals surface area contributed by atoms with Crippen LogP contribution in [0.25, 0.3) is 0 Å². The van der Waals surface area contributed by atoms with E-state index in [0.717, 1.165) is 6.42 Å². The van der Waals surface area contributed by atoms with Gasteiger partial charge in [-0.3, -0.25) is 4.79 Å². The largest absolute Gasteiger partial charge is 0.520 e. The Morgan fingerprint density at radius 3 is 1.64 bits per heavy atom. The number of hydrogen-bond donors (Lipinski definition) is 0. The van der Waals surface area contributed by atoms with Gasteiger partial charge in [0.15, 0.2) is 0 Å². The van der Waals surface area contributed by atoms with Crippen LogP contribution in [0.5, 0.6) is 0 Å². The predicted octanol–water partition coefficient (Wildman–Crippen LogP) is 7.87. The summed E-state index contributed by atoms with van der Waals surface area (Å²) in [7, 11) is -1.70.